The lowest BCUT2D eigenvalue weighted by Crippen LogP contribution is -2.35. The van der Waals surface area contributed by atoms with Crippen molar-refractivity contribution in [2.75, 3.05) is 0 Å². The fourth-order valence-corrected chi connectivity index (χ4v) is 6.86. The van der Waals surface area contributed by atoms with Gasteiger partial charge in [0.05, 0.1) is 9.79 Å². The summed E-state index contributed by atoms with van der Waals surface area (Å²) in [5.74, 6) is -1.89. The first kappa shape index (κ1) is 28.3. The van der Waals surface area contributed by atoms with Gasteiger partial charge in [-0.2, -0.15) is 0 Å². The molecule has 4 aromatic carbocycles. The number of hydrogen-bond acceptors (Lipinski definition) is 8. The highest BCUT2D eigenvalue weighted by molar-refractivity contribution is 7.90. The van der Waals surface area contributed by atoms with Crippen LogP contribution in [0.3, 0.4) is 0 Å². The molecule has 10 nitrogen and oxygen atoms in total. The third kappa shape index (κ3) is 5.28. The Labute approximate surface area is 241 Å². The van der Waals surface area contributed by atoms with Crippen LogP contribution in [-0.4, -0.2) is 38.6 Å². The summed E-state index contributed by atoms with van der Waals surface area (Å²) in [6, 6.07) is 28.4. The lowest BCUT2D eigenvalue weighted by atomic mass is 10.0. The molecule has 0 unspecified atom stereocenters. The molecule has 0 radical (unpaired) electrons. The predicted molar refractivity (Wildman–Crippen MR) is 154 cm³/mol. The Morgan fingerprint density at radius 3 is 1.14 bits per heavy atom. The van der Waals surface area contributed by atoms with Gasteiger partial charge in [0.25, 0.3) is 20.0 Å². The molecule has 0 atom stereocenters. The van der Waals surface area contributed by atoms with Crippen LogP contribution in [-0.2, 0) is 20.0 Å². The molecule has 2 heterocycles. The molecular formula is C30H22N2O8S2. The van der Waals surface area contributed by atoms with E-state index >= 15 is 0 Å². The average Bonchev–Trinajstić information content (AvgIpc) is 3.01. The van der Waals surface area contributed by atoms with Crippen molar-refractivity contribution in [2.24, 2.45) is 0 Å². The summed E-state index contributed by atoms with van der Waals surface area (Å²) in [5.41, 5.74) is 0.160. The van der Waals surface area contributed by atoms with Gasteiger partial charge in [-0.3, -0.25) is 19.0 Å². The van der Waals surface area contributed by atoms with Gasteiger partial charge in [0.2, 0.25) is 11.6 Å². The van der Waals surface area contributed by atoms with Crippen molar-refractivity contribution in [1.82, 2.24) is 9.44 Å². The number of benzene rings is 4. The van der Waals surface area contributed by atoms with Crippen LogP contribution in [0.5, 0.6) is 0 Å². The number of ketones is 2. The second-order valence-corrected chi connectivity index (χ2v) is 12.3. The molecular weight excluding hydrogens is 580 g/mol. The average molecular weight is 603 g/mol. The highest BCUT2D eigenvalue weighted by Crippen LogP contribution is 2.29. The number of aliphatic hydroxyl groups is 2. The molecule has 212 valence electrons. The SMILES string of the molecule is O=C1/C(=C(\O)c2ccccc2)NS(=O)(=O)c2ccccc21.O=C1/C(=C(\O)c2ccccc2)NS(=O)(=O)c2ccccc21. The van der Waals surface area contributed by atoms with Crippen LogP contribution in [0.1, 0.15) is 31.8 Å². The van der Waals surface area contributed by atoms with Gasteiger partial charge in [0, 0.05) is 22.3 Å². The first-order valence-corrected chi connectivity index (χ1v) is 15.3. The summed E-state index contributed by atoms with van der Waals surface area (Å²) < 4.78 is 52.9. The highest BCUT2D eigenvalue weighted by atomic mass is 32.2. The Hall–Kier alpha value is -5.20. The molecule has 2 aliphatic heterocycles. The monoisotopic (exact) mass is 602 g/mol. The van der Waals surface area contributed by atoms with Crippen molar-refractivity contribution in [3.8, 4) is 0 Å². The molecule has 0 fully saturated rings. The first-order valence-electron chi connectivity index (χ1n) is 12.3. The number of Topliss-reactive ketones (excluding diaryl/α,β-unsaturated/α-hetero) is 2. The van der Waals surface area contributed by atoms with E-state index in [2.05, 4.69) is 9.44 Å². The number of sulfonamides is 2. The van der Waals surface area contributed by atoms with Crippen LogP contribution in [0.2, 0.25) is 0 Å². The van der Waals surface area contributed by atoms with Crippen molar-refractivity contribution in [1.29, 1.82) is 0 Å². The molecule has 0 amide bonds. The Kier molecular flexibility index (Phi) is 7.42. The van der Waals surface area contributed by atoms with E-state index in [1.165, 1.54) is 36.4 Å². The standard InChI is InChI=1S/2C15H11NO4S/c2*17-14(10-6-2-1-3-7-10)13-15(18)11-8-4-5-9-12(11)21(19,20)16-13/h2*1-9,16-17H/b2*14-13+. The summed E-state index contributed by atoms with van der Waals surface area (Å²) in [6.07, 6.45) is 0. The Morgan fingerprint density at radius 2 is 0.786 bits per heavy atom. The van der Waals surface area contributed by atoms with Crippen LogP contribution >= 0.6 is 0 Å². The van der Waals surface area contributed by atoms with E-state index in [1.54, 1.807) is 72.8 Å². The number of carbonyl (C=O) groups is 2. The molecule has 0 bridgehead atoms. The maximum atomic E-state index is 12.4. The quantitative estimate of drug-likeness (QED) is 0.196. The highest BCUT2D eigenvalue weighted by Gasteiger charge is 2.35. The minimum atomic E-state index is -3.87. The number of fused-ring (bicyclic) bond motifs is 2. The second-order valence-electron chi connectivity index (χ2n) is 9.04. The number of carbonyl (C=O) groups excluding carboxylic acids is 2. The second kappa shape index (κ2) is 11.0. The van der Waals surface area contributed by atoms with Crippen molar-refractivity contribution in [2.45, 2.75) is 9.79 Å². The maximum Gasteiger partial charge on any atom is 0.262 e. The van der Waals surface area contributed by atoms with Gasteiger partial charge >= 0.3 is 0 Å². The van der Waals surface area contributed by atoms with E-state index in [0.717, 1.165) is 0 Å². The van der Waals surface area contributed by atoms with Crippen LogP contribution < -0.4 is 9.44 Å². The minimum absolute atomic E-state index is 0.0498. The summed E-state index contributed by atoms with van der Waals surface area (Å²) >= 11 is 0. The van der Waals surface area contributed by atoms with Crippen molar-refractivity contribution >= 4 is 43.1 Å². The predicted octanol–water partition coefficient (Wildman–Crippen LogP) is 4.18. The van der Waals surface area contributed by atoms with Gasteiger partial charge in [-0.15, -0.1) is 0 Å². The van der Waals surface area contributed by atoms with Crippen LogP contribution in [0, 0.1) is 0 Å². The normalized spacial score (nSPS) is 18.6. The molecule has 0 saturated heterocycles. The molecule has 0 aliphatic carbocycles. The van der Waals surface area contributed by atoms with Crippen molar-refractivity contribution in [3.63, 3.8) is 0 Å². The Morgan fingerprint density at radius 1 is 0.476 bits per heavy atom. The molecule has 4 N–H and O–H groups in total. The summed E-state index contributed by atoms with van der Waals surface area (Å²) in [4.78, 5) is 24.6. The summed E-state index contributed by atoms with van der Waals surface area (Å²) in [7, 11) is -7.73. The zero-order chi connectivity index (χ0) is 30.1. The van der Waals surface area contributed by atoms with Crippen LogP contribution in [0.15, 0.2) is 130 Å². The Bertz CT molecular complexity index is 1860. The van der Waals surface area contributed by atoms with E-state index in [1.807, 2.05) is 0 Å². The first-order chi connectivity index (χ1) is 20.0. The molecule has 0 aromatic heterocycles. The number of rotatable bonds is 2. The fourth-order valence-electron chi connectivity index (χ4n) is 4.31. The number of hydrogen-bond donors (Lipinski definition) is 4. The third-order valence-corrected chi connectivity index (χ3v) is 9.15. The van der Waals surface area contributed by atoms with E-state index in [4.69, 9.17) is 0 Å². The summed E-state index contributed by atoms with van der Waals surface area (Å²) in [6.45, 7) is 0. The Balaban J connectivity index is 0.000000168. The minimum Gasteiger partial charge on any atom is -0.505 e. The van der Waals surface area contributed by atoms with E-state index in [9.17, 15) is 36.6 Å². The topological polar surface area (TPSA) is 167 Å². The molecule has 0 saturated carbocycles. The zero-order valence-electron chi connectivity index (χ0n) is 21.6. The largest absolute Gasteiger partial charge is 0.505 e. The lowest BCUT2D eigenvalue weighted by molar-refractivity contribution is 0.101. The molecule has 12 heteroatoms. The number of aliphatic hydroxyl groups excluding tert-OH is 2. The molecule has 0 spiro atoms. The van der Waals surface area contributed by atoms with Gasteiger partial charge in [0.15, 0.2) is 11.5 Å². The van der Waals surface area contributed by atoms with Crippen molar-refractivity contribution in [3.05, 3.63) is 143 Å². The van der Waals surface area contributed by atoms with Gasteiger partial charge in [0.1, 0.15) is 11.4 Å². The van der Waals surface area contributed by atoms with Crippen LogP contribution in [0.25, 0.3) is 11.5 Å². The fraction of sp³-hybridized carbons (Fsp3) is 0. The third-order valence-electron chi connectivity index (χ3n) is 6.34. The van der Waals surface area contributed by atoms with Crippen molar-refractivity contribution < 1.29 is 36.6 Å². The molecule has 2 aliphatic rings. The van der Waals surface area contributed by atoms with E-state index in [0.29, 0.717) is 11.1 Å². The van der Waals surface area contributed by atoms with Gasteiger partial charge in [-0.05, 0) is 24.3 Å². The summed E-state index contributed by atoms with van der Waals surface area (Å²) in [5, 5.41) is 20.4. The zero-order valence-corrected chi connectivity index (χ0v) is 23.2. The molecule has 42 heavy (non-hydrogen) atoms. The smallest absolute Gasteiger partial charge is 0.262 e. The van der Waals surface area contributed by atoms with E-state index in [-0.39, 0.29) is 32.3 Å². The number of nitrogens with one attached hydrogen (secondary N) is 2. The maximum absolute atomic E-state index is 12.4. The van der Waals surface area contributed by atoms with E-state index < -0.39 is 43.1 Å². The van der Waals surface area contributed by atoms with Gasteiger partial charge in [-0.1, -0.05) is 84.9 Å². The molecule has 6 rings (SSSR count). The van der Waals surface area contributed by atoms with Crippen LogP contribution in [0.4, 0.5) is 0 Å². The molecule has 4 aromatic rings. The van der Waals surface area contributed by atoms with Gasteiger partial charge in [-0.25, -0.2) is 16.8 Å². The number of allylic oxidation sites excluding steroid dienone is 2. The lowest BCUT2D eigenvalue weighted by Gasteiger charge is -2.20. The van der Waals surface area contributed by atoms with Gasteiger partial charge < -0.3 is 10.2 Å².